The van der Waals surface area contributed by atoms with Gasteiger partial charge in [0.2, 0.25) is 11.8 Å². The Balaban J connectivity index is 1.01. The molecule has 3 aromatic carbocycles. The third kappa shape index (κ3) is 9.33. The lowest BCUT2D eigenvalue weighted by Gasteiger charge is -2.34. The van der Waals surface area contributed by atoms with Crippen LogP contribution in [0.25, 0.3) is 22.5 Å². The number of nitrogens with one attached hydrogen (secondary N) is 3. The number of ether oxygens (including phenoxy) is 1. The summed E-state index contributed by atoms with van der Waals surface area (Å²) in [5.41, 5.74) is 10.8. The normalized spacial score (nSPS) is 20.7. The van der Waals surface area contributed by atoms with Gasteiger partial charge in [0.1, 0.15) is 6.04 Å². The van der Waals surface area contributed by atoms with Crippen molar-refractivity contribution >= 4 is 23.6 Å². The van der Waals surface area contributed by atoms with Gasteiger partial charge < -0.3 is 24.8 Å². The molecule has 8 rings (SSSR count). The lowest BCUT2D eigenvalue weighted by atomic mass is 9.87. The van der Waals surface area contributed by atoms with Gasteiger partial charge >= 0.3 is 6.09 Å². The average molecular weight is 867 g/mol. The van der Waals surface area contributed by atoms with Crippen molar-refractivity contribution in [1.29, 1.82) is 0 Å². The second-order valence-corrected chi connectivity index (χ2v) is 19.9. The molecule has 338 valence electrons. The first-order valence-corrected chi connectivity index (χ1v) is 23.3. The summed E-state index contributed by atoms with van der Waals surface area (Å²) in [6, 6.07) is 30.6. The van der Waals surface area contributed by atoms with Gasteiger partial charge in [-0.15, -0.1) is 0 Å². The highest BCUT2D eigenvalue weighted by Crippen LogP contribution is 2.48. The second kappa shape index (κ2) is 18.7. The van der Waals surface area contributed by atoms with Gasteiger partial charge in [-0.2, -0.15) is 10.2 Å². The van der Waals surface area contributed by atoms with E-state index in [0.29, 0.717) is 18.9 Å². The lowest BCUT2D eigenvalue weighted by molar-refractivity contribution is -0.135. The van der Waals surface area contributed by atoms with Gasteiger partial charge in [0.05, 0.1) is 54.1 Å². The minimum Gasteiger partial charge on any atom is -0.453 e. The SMILES string of the molecule is COC(=O)N[C@H](C(=O)N1CCC[C@H]1c1cc(-c2ccc([C@@H]3CC[C@H](c4ccc(-c5cc([C@@H]6CCCN6C(=O)CC(C)C)[nH]n5)cc4)N3c3ccc(C(C)(C)C)cc3)cc2)n[nH]1)C(C)C. The maximum Gasteiger partial charge on any atom is 0.407 e. The molecule has 5 aromatic rings. The molecule has 64 heavy (non-hydrogen) atoms. The molecule has 5 atom stereocenters. The fourth-order valence-electron chi connectivity index (χ4n) is 10.1. The number of rotatable bonds is 12. The number of benzene rings is 3. The lowest BCUT2D eigenvalue weighted by Crippen LogP contribution is -2.51. The summed E-state index contributed by atoms with van der Waals surface area (Å²) in [4.78, 5) is 45.4. The number of nitrogens with zero attached hydrogens (tertiary/aromatic N) is 5. The van der Waals surface area contributed by atoms with Crippen molar-refractivity contribution in [3.05, 3.63) is 113 Å². The van der Waals surface area contributed by atoms with Crippen LogP contribution in [-0.4, -0.2) is 74.3 Å². The summed E-state index contributed by atoms with van der Waals surface area (Å²) >= 11 is 0. The van der Waals surface area contributed by atoms with Gasteiger partial charge in [-0.3, -0.25) is 19.8 Å². The summed E-state index contributed by atoms with van der Waals surface area (Å²) in [7, 11) is 1.31. The molecular formula is C52H66N8O4. The molecule has 5 heterocycles. The monoisotopic (exact) mass is 867 g/mol. The highest BCUT2D eigenvalue weighted by atomic mass is 16.5. The third-order valence-electron chi connectivity index (χ3n) is 13.6. The largest absolute Gasteiger partial charge is 0.453 e. The molecule has 0 unspecified atom stereocenters. The average Bonchev–Trinajstić information content (AvgIpc) is 4.14. The standard InChI is InChI=1S/C52H66N8O4/c1-32(2)29-48(61)58-27-9-11-46(58)42-30-40(54-56-42)34-13-17-36(18-14-34)44-25-26-45(60(44)39-23-21-38(22-24-39)52(5,6)7)37-19-15-35(16-20-37)41-31-43(57-55-41)47-12-10-28-59(47)50(62)49(33(3)4)53-51(63)64-8/h13-24,30-33,44-47,49H,9-12,25-29H2,1-8H3,(H,53,63)(H,54,56)(H,55,57)/t44-,45+,46+,47+,49+/m1/s1. The van der Waals surface area contributed by atoms with Crippen LogP contribution in [0.5, 0.6) is 0 Å². The summed E-state index contributed by atoms with van der Waals surface area (Å²) < 4.78 is 4.81. The molecule has 3 aliphatic rings. The molecule has 3 saturated heterocycles. The number of H-pyrrole nitrogens is 2. The van der Waals surface area contributed by atoms with E-state index in [9.17, 15) is 14.4 Å². The highest BCUT2D eigenvalue weighted by Gasteiger charge is 2.38. The first-order chi connectivity index (χ1) is 30.7. The van der Waals surface area contributed by atoms with Crippen LogP contribution in [0.4, 0.5) is 10.5 Å². The zero-order valence-corrected chi connectivity index (χ0v) is 38.9. The van der Waals surface area contributed by atoms with Crippen LogP contribution in [0.15, 0.2) is 84.9 Å². The Morgan fingerprint density at radius 2 is 1.20 bits per heavy atom. The Bertz CT molecular complexity index is 2390. The predicted molar refractivity (Wildman–Crippen MR) is 251 cm³/mol. The first kappa shape index (κ1) is 44.7. The molecule has 0 spiro atoms. The van der Waals surface area contributed by atoms with E-state index in [1.807, 2.05) is 23.6 Å². The number of hydrogen-bond acceptors (Lipinski definition) is 7. The number of anilines is 1. The third-order valence-corrected chi connectivity index (χ3v) is 13.6. The minimum absolute atomic E-state index is 0.0493. The van der Waals surface area contributed by atoms with E-state index in [1.54, 1.807) is 0 Å². The smallest absolute Gasteiger partial charge is 0.407 e. The van der Waals surface area contributed by atoms with Crippen LogP contribution in [0.1, 0.15) is 146 Å². The van der Waals surface area contributed by atoms with Gasteiger partial charge in [-0.05, 0) is 96.7 Å². The molecule has 0 aliphatic carbocycles. The van der Waals surface area contributed by atoms with Crippen LogP contribution in [0.2, 0.25) is 0 Å². The molecular weight excluding hydrogens is 801 g/mol. The fourth-order valence-corrected chi connectivity index (χ4v) is 10.1. The summed E-state index contributed by atoms with van der Waals surface area (Å²) in [6.45, 7) is 16.2. The molecule has 12 heteroatoms. The maximum atomic E-state index is 13.7. The Hall–Kier alpha value is -5.91. The van der Waals surface area contributed by atoms with Crippen molar-refractivity contribution in [2.45, 2.75) is 129 Å². The topological polar surface area (TPSA) is 140 Å². The number of aromatic amines is 2. The number of methoxy groups -OCH3 is 1. The highest BCUT2D eigenvalue weighted by molar-refractivity contribution is 5.86. The zero-order valence-electron chi connectivity index (χ0n) is 38.9. The number of likely N-dealkylation sites (tertiary alicyclic amines) is 2. The van der Waals surface area contributed by atoms with Gasteiger partial charge in [0.15, 0.2) is 0 Å². The van der Waals surface area contributed by atoms with Crippen molar-refractivity contribution in [3.8, 4) is 22.5 Å². The molecule has 3 N–H and O–H groups in total. The van der Waals surface area contributed by atoms with Gasteiger partial charge in [-0.1, -0.05) is 109 Å². The summed E-state index contributed by atoms with van der Waals surface area (Å²) in [5.74, 6) is 0.355. The number of amides is 3. The van der Waals surface area contributed by atoms with Crippen molar-refractivity contribution in [1.82, 2.24) is 35.5 Å². The molecule has 3 aliphatic heterocycles. The molecule has 3 fully saturated rings. The van der Waals surface area contributed by atoms with E-state index < -0.39 is 12.1 Å². The van der Waals surface area contributed by atoms with Crippen molar-refractivity contribution in [2.75, 3.05) is 25.1 Å². The molecule has 0 bridgehead atoms. The fraction of sp³-hybridized carbons (Fsp3) is 0.481. The molecule has 3 amide bonds. The summed E-state index contributed by atoms with van der Waals surface area (Å²) in [5, 5.41) is 18.7. The van der Waals surface area contributed by atoms with Gasteiger partial charge in [-0.25, -0.2) is 4.79 Å². The number of carbonyl (C=O) groups excluding carboxylic acids is 3. The number of alkyl carbamates (subject to hydrolysis) is 1. The van der Waals surface area contributed by atoms with Crippen LogP contribution >= 0.6 is 0 Å². The Labute approximate surface area is 378 Å². The van der Waals surface area contributed by atoms with Crippen LogP contribution in [0, 0.1) is 11.8 Å². The quantitative estimate of drug-likeness (QED) is 0.113. The van der Waals surface area contributed by atoms with E-state index in [0.717, 1.165) is 79.0 Å². The van der Waals surface area contributed by atoms with Crippen LogP contribution in [-0.2, 0) is 19.7 Å². The van der Waals surface area contributed by atoms with E-state index in [2.05, 4.69) is 140 Å². The maximum absolute atomic E-state index is 13.7. The predicted octanol–water partition coefficient (Wildman–Crippen LogP) is 10.6. The molecule has 0 radical (unpaired) electrons. The number of aromatic nitrogens is 4. The molecule has 2 aromatic heterocycles. The second-order valence-electron chi connectivity index (χ2n) is 19.9. The van der Waals surface area contributed by atoms with Gasteiger partial charge in [0.25, 0.3) is 0 Å². The Morgan fingerprint density at radius 3 is 1.67 bits per heavy atom. The molecule has 0 saturated carbocycles. The number of hydrogen-bond donors (Lipinski definition) is 3. The first-order valence-electron chi connectivity index (χ1n) is 23.3. The van der Waals surface area contributed by atoms with Gasteiger partial charge in [0, 0.05) is 36.3 Å². The minimum atomic E-state index is -0.675. The van der Waals surface area contributed by atoms with Crippen molar-refractivity contribution < 1.29 is 19.1 Å². The number of carbonyl (C=O) groups is 3. The Morgan fingerprint density at radius 1 is 0.703 bits per heavy atom. The van der Waals surface area contributed by atoms with E-state index in [-0.39, 0.29) is 47.3 Å². The van der Waals surface area contributed by atoms with Crippen LogP contribution in [0.3, 0.4) is 0 Å². The summed E-state index contributed by atoms with van der Waals surface area (Å²) in [6.07, 6.45) is 5.62. The zero-order chi connectivity index (χ0) is 45.3. The van der Waals surface area contributed by atoms with E-state index in [4.69, 9.17) is 14.9 Å². The molecule has 12 nitrogen and oxygen atoms in total. The van der Waals surface area contributed by atoms with Crippen LogP contribution < -0.4 is 10.2 Å². The van der Waals surface area contributed by atoms with E-state index in [1.165, 1.54) is 29.5 Å². The van der Waals surface area contributed by atoms with E-state index >= 15 is 0 Å². The Kier molecular flexibility index (Phi) is 13.0. The van der Waals surface area contributed by atoms with Crippen molar-refractivity contribution in [2.24, 2.45) is 11.8 Å². The van der Waals surface area contributed by atoms with Crippen molar-refractivity contribution in [3.63, 3.8) is 0 Å².